The molecule has 104 valence electrons. The summed E-state index contributed by atoms with van der Waals surface area (Å²) in [6, 6.07) is 5.71. The summed E-state index contributed by atoms with van der Waals surface area (Å²) in [6.45, 7) is 0. The van der Waals surface area contributed by atoms with Gasteiger partial charge < -0.3 is 9.83 Å². The van der Waals surface area contributed by atoms with Crippen LogP contribution >= 0.6 is 27.9 Å². The number of aliphatic hydroxyl groups excluding tert-OH is 1. The van der Waals surface area contributed by atoms with E-state index in [-0.39, 0.29) is 17.3 Å². The zero-order valence-corrected chi connectivity index (χ0v) is 12.6. The SMILES string of the molecule is N#CC(C(=O)SNc1ccc(F)cc1Br)=C(O)C1CC1. The number of halogens is 2. The van der Waals surface area contributed by atoms with E-state index < -0.39 is 10.9 Å². The number of aliphatic hydroxyl groups is 1. The molecule has 2 rings (SSSR count). The first-order chi connectivity index (χ1) is 9.52. The molecule has 1 saturated carbocycles. The zero-order valence-electron chi connectivity index (χ0n) is 10.2. The van der Waals surface area contributed by atoms with Crippen molar-refractivity contribution in [3.8, 4) is 6.07 Å². The smallest absolute Gasteiger partial charge is 0.253 e. The van der Waals surface area contributed by atoms with Crippen molar-refractivity contribution < 1.29 is 14.3 Å². The maximum atomic E-state index is 12.9. The summed E-state index contributed by atoms with van der Waals surface area (Å²) in [5.74, 6) is -0.598. The zero-order chi connectivity index (χ0) is 14.7. The van der Waals surface area contributed by atoms with Crippen LogP contribution in [0.5, 0.6) is 0 Å². The normalized spacial score (nSPS) is 15.2. The molecule has 2 N–H and O–H groups in total. The van der Waals surface area contributed by atoms with Gasteiger partial charge in [0.15, 0.2) is 0 Å². The molecule has 0 bridgehead atoms. The average Bonchev–Trinajstić information content (AvgIpc) is 3.22. The molecule has 0 aliphatic heterocycles. The second-order valence-corrected chi connectivity index (χ2v) is 5.90. The van der Waals surface area contributed by atoms with Crippen molar-refractivity contribution in [2.24, 2.45) is 5.92 Å². The van der Waals surface area contributed by atoms with Crippen LogP contribution in [0.2, 0.25) is 0 Å². The minimum Gasteiger partial charge on any atom is -0.510 e. The number of rotatable bonds is 4. The number of anilines is 1. The van der Waals surface area contributed by atoms with E-state index in [0.29, 0.717) is 22.1 Å². The maximum absolute atomic E-state index is 12.9. The third-order valence-electron chi connectivity index (χ3n) is 2.72. The molecule has 0 spiro atoms. The molecule has 1 fully saturated rings. The van der Waals surface area contributed by atoms with E-state index in [0.717, 1.165) is 12.8 Å². The van der Waals surface area contributed by atoms with E-state index in [4.69, 9.17) is 5.26 Å². The number of carbonyl (C=O) groups excluding carboxylic acids is 1. The Morgan fingerprint density at radius 1 is 1.55 bits per heavy atom. The Kier molecular flexibility index (Phi) is 4.68. The van der Waals surface area contributed by atoms with Gasteiger partial charge in [0.05, 0.1) is 5.69 Å². The molecular weight excluding hydrogens is 347 g/mol. The number of nitriles is 1. The fraction of sp³-hybridized carbons (Fsp3) is 0.231. The largest absolute Gasteiger partial charge is 0.510 e. The molecule has 1 aromatic rings. The third kappa shape index (κ3) is 3.52. The van der Waals surface area contributed by atoms with Gasteiger partial charge in [0.25, 0.3) is 5.12 Å². The van der Waals surface area contributed by atoms with Crippen LogP contribution in [0.25, 0.3) is 0 Å². The van der Waals surface area contributed by atoms with Gasteiger partial charge in [-0.25, -0.2) is 4.39 Å². The summed E-state index contributed by atoms with van der Waals surface area (Å²) in [7, 11) is 0. The Hall–Kier alpha value is -1.52. The van der Waals surface area contributed by atoms with Crippen molar-refractivity contribution >= 4 is 38.7 Å². The number of hydrogen-bond acceptors (Lipinski definition) is 5. The molecule has 20 heavy (non-hydrogen) atoms. The van der Waals surface area contributed by atoms with Gasteiger partial charge in [0, 0.05) is 22.3 Å². The van der Waals surface area contributed by atoms with Crippen LogP contribution in [-0.2, 0) is 4.79 Å². The molecular formula is C13H10BrFN2O2S. The molecule has 4 nitrogen and oxygen atoms in total. The van der Waals surface area contributed by atoms with Crippen LogP contribution in [0.1, 0.15) is 12.8 Å². The monoisotopic (exact) mass is 356 g/mol. The van der Waals surface area contributed by atoms with Crippen LogP contribution < -0.4 is 4.72 Å². The van der Waals surface area contributed by atoms with Crippen LogP contribution in [0, 0.1) is 23.1 Å². The molecule has 0 unspecified atom stereocenters. The van der Waals surface area contributed by atoms with Gasteiger partial charge in [0.1, 0.15) is 23.2 Å². The standard InChI is InChI=1S/C13H10BrFN2O2S/c14-10-5-8(15)3-4-11(10)17-20-13(19)9(6-16)12(18)7-1-2-7/h3-5,7,17-18H,1-2H2. The van der Waals surface area contributed by atoms with Gasteiger partial charge in [-0.2, -0.15) is 5.26 Å². The topological polar surface area (TPSA) is 73.1 Å². The van der Waals surface area contributed by atoms with Crippen LogP contribution in [0.4, 0.5) is 10.1 Å². The van der Waals surface area contributed by atoms with Crippen molar-refractivity contribution in [3.63, 3.8) is 0 Å². The van der Waals surface area contributed by atoms with Crippen molar-refractivity contribution in [3.05, 3.63) is 39.8 Å². The highest BCUT2D eigenvalue weighted by atomic mass is 79.9. The minimum atomic E-state index is -0.562. The highest BCUT2D eigenvalue weighted by Gasteiger charge is 2.31. The van der Waals surface area contributed by atoms with E-state index >= 15 is 0 Å². The molecule has 7 heteroatoms. The number of nitrogens with one attached hydrogen (secondary N) is 1. The fourth-order valence-corrected chi connectivity index (χ4v) is 2.71. The van der Waals surface area contributed by atoms with Crippen molar-refractivity contribution in [1.29, 1.82) is 5.26 Å². The number of benzene rings is 1. The second-order valence-electron chi connectivity index (χ2n) is 4.26. The molecule has 1 aliphatic carbocycles. The minimum absolute atomic E-state index is 0.0632. The van der Waals surface area contributed by atoms with Gasteiger partial charge >= 0.3 is 0 Å². The third-order valence-corrected chi connectivity index (χ3v) is 4.09. The van der Waals surface area contributed by atoms with Crippen LogP contribution in [-0.4, -0.2) is 10.2 Å². The number of carbonyl (C=O) groups is 1. The Labute approximate surface area is 127 Å². The van der Waals surface area contributed by atoms with Gasteiger partial charge in [-0.1, -0.05) is 0 Å². The Bertz CT molecular complexity index is 623. The fourth-order valence-electron chi connectivity index (χ4n) is 1.49. The maximum Gasteiger partial charge on any atom is 0.253 e. The van der Waals surface area contributed by atoms with E-state index in [2.05, 4.69) is 20.7 Å². The predicted octanol–water partition coefficient (Wildman–Crippen LogP) is 3.92. The lowest BCUT2D eigenvalue weighted by Gasteiger charge is -2.07. The highest BCUT2D eigenvalue weighted by Crippen LogP contribution is 2.37. The number of hydrogen-bond donors (Lipinski definition) is 2. The van der Waals surface area contributed by atoms with Crippen molar-refractivity contribution in [2.75, 3.05) is 4.72 Å². The Morgan fingerprint density at radius 3 is 2.80 bits per heavy atom. The summed E-state index contributed by atoms with van der Waals surface area (Å²) in [5, 5.41) is 18.1. The molecule has 0 radical (unpaired) electrons. The first kappa shape index (κ1) is 14.9. The summed E-state index contributed by atoms with van der Waals surface area (Å²) < 4.78 is 16.1. The van der Waals surface area contributed by atoms with E-state index in [1.165, 1.54) is 18.2 Å². The summed E-state index contributed by atoms with van der Waals surface area (Å²) in [5.41, 5.74) is 0.274. The molecule has 1 aliphatic rings. The second kappa shape index (κ2) is 6.29. The Morgan fingerprint density at radius 2 is 2.25 bits per heavy atom. The van der Waals surface area contributed by atoms with E-state index in [1.807, 2.05) is 0 Å². The quantitative estimate of drug-likeness (QED) is 0.370. The molecule has 0 atom stereocenters. The molecule has 1 aromatic carbocycles. The van der Waals surface area contributed by atoms with Gasteiger partial charge in [-0.3, -0.25) is 4.79 Å². The first-order valence-corrected chi connectivity index (χ1v) is 7.39. The average molecular weight is 357 g/mol. The number of nitrogens with zero attached hydrogens (tertiary/aromatic N) is 1. The van der Waals surface area contributed by atoms with Crippen LogP contribution in [0.3, 0.4) is 0 Å². The summed E-state index contributed by atoms with van der Waals surface area (Å²) >= 11 is 3.83. The first-order valence-electron chi connectivity index (χ1n) is 5.78. The molecule has 0 amide bonds. The summed E-state index contributed by atoms with van der Waals surface area (Å²) in [4.78, 5) is 11.9. The van der Waals surface area contributed by atoms with Gasteiger partial charge in [-0.05, 0) is 47.0 Å². The predicted molar refractivity (Wildman–Crippen MR) is 78.3 cm³/mol. The van der Waals surface area contributed by atoms with Gasteiger partial charge in [-0.15, -0.1) is 0 Å². The number of allylic oxidation sites excluding steroid dienone is 1. The van der Waals surface area contributed by atoms with Gasteiger partial charge in [0.2, 0.25) is 0 Å². The highest BCUT2D eigenvalue weighted by molar-refractivity contribution is 9.10. The lowest BCUT2D eigenvalue weighted by atomic mass is 10.2. The molecule has 0 saturated heterocycles. The van der Waals surface area contributed by atoms with Crippen LogP contribution in [0.15, 0.2) is 34.0 Å². The molecule has 0 aromatic heterocycles. The molecule has 0 heterocycles. The Balaban J connectivity index is 2.05. The lowest BCUT2D eigenvalue weighted by Crippen LogP contribution is -2.05. The van der Waals surface area contributed by atoms with E-state index in [1.54, 1.807) is 6.07 Å². The van der Waals surface area contributed by atoms with E-state index in [9.17, 15) is 14.3 Å². The lowest BCUT2D eigenvalue weighted by molar-refractivity contribution is -0.107. The van der Waals surface area contributed by atoms with Crippen molar-refractivity contribution in [1.82, 2.24) is 0 Å². The van der Waals surface area contributed by atoms with Crippen molar-refractivity contribution in [2.45, 2.75) is 12.8 Å². The summed E-state index contributed by atoms with van der Waals surface area (Å²) in [6.07, 6.45) is 1.60.